The summed E-state index contributed by atoms with van der Waals surface area (Å²) in [5.41, 5.74) is 6.13. The van der Waals surface area contributed by atoms with Crippen molar-refractivity contribution in [2.75, 3.05) is 18.7 Å². The third-order valence-corrected chi connectivity index (χ3v) is 3.43. The monoisotopic (exact) mass is 284 g/mol. The van der Waals surface area contributed by atoms with E-state index in [9.17, 15) is 4.79 Å². The van der Waals surface area contributed by atoms with Gasteiger partial charge in [0.25, 0.3) is 0 Å². The van der Waals surface area contributed by atoms with E-state index in [1.807, 2.05) is 13.8 Å². The number of amides is 1. The number of fused-ring (bicyclic) bond motifs is 1. The average Bonchev–Trinajstić information content (AvgIpc) is 2.76. The van der Waals surface area contributed by atoms with Gasteiger partial charge in [-0.25, -0.2) is 0 Å². The predicted octanol–water partition coefficient (Wildman–Crippen LogP) is 2.24. The molecule has 0 radical (unpaired) electrons. The minimum Gasteiger partial charge on any atom is -0.454 e. The van der Waals surface area contributed by atoms with Gasteiger partial charge in [0.15, 0.2) is 11.5 Å². The van der Waals surface area contributed by atoms with Crippen LogP contribution in [0.1, 0.15) is 13.8 Å². The lowest BCUT2D eigenvalue weighted by molar-refractivity contribution is -0.120. The number of carbonyl (C=O) groups is 1. The molecule has 1 atom stereocenters. The molecule has 1 amide bonds. The second-order valence-corrected chi connectivity index (χ2v) is 5.17. The minimum atomic E-state index is -0.249. The van der Waals surface area contributed by atoms with Crippen LogP contribution in [-0.2, 0) is 4.79 Å². The molecule has 2 rings (SSSR count). The van der Waals surface area contributed by atoms with Crippen LogP contribution in [0.5, 0.6) is 11.5 Å². The first kappa shape index (κ1) is 14.0. The number of hydrogen-bond donors (Lipinski definition) is 2. The Labute approximate surface area is 117 Å². The molecule has 5 nitrogen and oxygen atoms in total. The van der Waals surface area contributed by atoms with Crippen molar-refractivity contribution in [1.29, 1.82) is 0 Å². The van der Waals surface area contributed by atoms with Crippen LogP contribution in [0.15, 0.2) is 12.1 Å². The zero-order valence-corrected chi connectivity index (χ0v) is 11.7. The number of nitrogens with two attached hydrogens (primary N) is 1. The second-order valence-electron chi connectivity index (χ2n) is 4.76. The molecular formula is C13H17ClN2O3. The molecule has 0 fully saturated rings. The summed E-state index contributed by atoms with van der Waals surface area (Å²) in [4.78, 5) is 12.1. The topological polar surface area (TPSA) is 73.6 Å². The van der Waals surface area contributed by atoms with Crippen molar-refractivity contribution in [3.05, 3.63) is 17.2 Å². The third-order valence-electron chi connectivity index (χ3n) is 3.12. The summed E-state index contributed by atoms with van der Waals surface area (Å²) in [5.74, 6) is 0.938. The highest BCUT2D eigenvalue weighted by Crippen LogP contribution is 2.39. The van der Waals surface area contributed by atoms with Gasteiger partial charge in [-0.3, -0.25) is 4.79 Å². The van der Waals surface area contributed by atoms with Crippen molar-refractivity contribution < 1.29 is 14.3 Å². The van der Waals surface area contributed by atoms with Crippen LogP contribution >= 0.6 is 11.6 Å². The average molecular weight is 285 g/mol. The van der Waals surface area contributed by atoms with Crippen molar-refractivity contribution in [3.63, 3.8) is 0 Å². The Kier molecular flexibility index (Phi) is 4.17. The summed E-state index contributed by atoms with van der Waals surface area (Å²) in [6, 6.07) is 3.29. The van der Waals surface area contributed by atoms with Gasteiger partial charge < -0.3 is 20.5 Å². The van der Waals surface area contributed by atoms with E-state index >= 15 is 0 Å². The fourth-order valence-electron chi connectivity index (χ4n) is 1.92. The van der Waals surface area contributed by atoms with Gasteiger partial charge >= 0.3 is 0 Å². The Hall–Kier alpha value is -1.46. The van der Waals surface area contributed by atoms with Gasteiger partial charge in [0.05, 0.1) is 16.6 Å². The fraction of sp³-hybridized carbons (Fsp3) is 0.462. The molecule has 1 aliphatic rings. The quantitative estimate of drug-likeness (QED) is 0.889. The van der Waals surface area contributed by atoms with Crippen LogP contribution in [0.3, 0.4) is 0 Å². The first-order valence-electron chi connectivity index (χ1n) is 6.13. The van der Waals surface area contributed by atoms with E-state index in [2.05, 4.69) is 5.32 Å². The summed E-state index contributed by atoms with van der Waals surface area (Å²) in [6.07, 6.45) is 0. The van der Waals surface area contributed by atoms with Crippen LogP contribution in [0, 0.1) is 11.8 Å². The van der Waals surface area contributed by atoms with Crippen molar-refractivity contribution in [3.8, 4) is 11.5 Å². The van der Waals surface area contributed by atoms with Gasteiger partial charge in [-0.1, -0.05) is 25.4 Å². The molecule has 0 saturated carbocycles. The maximum Gasteiger partial charge on any atom is 0.231 e. The van der Waals surface area contributed by atoms with Gasteiger partial charge in [0.1, 0.15) is 0 Å². The predicted molar refractivity (Wildman–Crippen MR) is 73.6 cm³/mol. The van der Waals surface area contributed by atoms with Gasteiger partial charge in [-0.15, -0.1) is 0 Å². The van der Waals surface area contributed by atoms with E-state index < -0.39 is 0 Å². The normalized spacial score (nSPS) is 14.6. The largest absolute Gasteiger partial charge is 0.454 e. The zero-order chi connectivity index (χ0) is 14.0. The van der Waals surface area contributed by atoms with Crippen LogP contribution in [-0.4, -0.2) is 19.2 Å². The Morgan fingerprint density at radius 2 is 2.05 bits per heavy atom. The summed E-state index contributed by atoms with van der Waals surface area (Å²) < 4.78 is 10.5. The third kappa shape index (κ3) is 2.93. The smallest absolute Gasteiger partial charge is 0.231 e. The molecule has 104 valence electrons. The Morgan fingerprint density at radius 1 is 1.42 bits per heavy atom. The Balaban J connectivity index is 2.17. The van der Waals surface area contributed by atoms with E-state index in [0.717, 1.165) is 0 Å². The van der Waals surface area contributed by atoms with Crippen molar-refractivity contribution in [2.24, 2.45) is 17.6 Å². The number of carbonyl (C=O) groups excluding carboxylic acids is 1. The number of ether oxygens (including phenoxy) is 2. The lowest BCUT2D eigenvalue weighted by Gasteiger charge is -2.18. The molecular weight excluding hydrogens is 268 g/mol. The molecule has 0 spiro atoms. The standard InChI is InChI=1S/C13H17ClN2O3/c1-7(2)8(5-15)13(17)16-10-4-12-11(3-9(10)14)18-6-19-12/h3-4,7-8H,5-6,15H2,1-2H3,(H,16,17). The van der Waals surface area contributed by atoms with Crippen LogP contribution in [0.2, 0.25) is 5.02 Å². The number of benzene rings is 1. The van der Waals surface area contributed by atoms with Crippen LogP contribution in [0.4, 0.5) is 5.69 Å². The number of anilines is 1. The van der Waals surface area contributed by atoms with Crippen molar-refractivity contribution in [2.45, 2.75) is 13.8 Å². The molecule has 1 unspecified atom stereocenters. The maximum atomic E-state index is 12.1. The number of nitrogens with one attached hydrogen (secondary N) is 1. The molecule has 1 aromatic carbocycles. The van der Waals surface area contributed by atoms with Crippen LogP contribution < -0.4 is 20.5 Å². The SMILES string of the molecule is CC(C)C(CN)C(=O)Nc1cc2c(cc1Cl)OCO2. The number of halogens is 1. The van der Waals surface area contributed by atoms with E-state index in [1.54, 1.807) is 12.1 Å². The first-order valence-corrected chi connectivity index (χ1v) is 6.50. The summed E-state index contributed by atoms with van der Waals surface area (Å²) >= 11 is 6.10. The van der Waals surface area contributed by atoms with Crippen LogP contribution in [0.25, 0.3) is 0 Å². The molecule has 1 aromatic rings. The van der Waals surface area contributed by atoms with Gasteiger partial charge in [-0.2, -0.15) is 0 Å². The molecule has 0 bridgehead atoms. The lowest BCUT2D eigenvalue weighted by Crippen LogP contribution is -2.33. The second kappa shape index (κ2) is 5.67. The summed E-state index contributed by atoms with van der Waals surface area (Å²) in [6.45, 7) is 4.38. The van der Waals surface area contributed by atoms with E-state index in [0.29, 0.717) is 28.8 Å². The summed E-state index contributed by atoms with van der Waals surface area (Å²) in [7, 11) is 0. The Morgan fingerprint density at radius 3 is 2.63 bits per heavy atom. The molecule has 0 aromatic heterocycles. The minimum absolute atomic E-state index is 0.140. The molecule has 1 aliphatic heterocycles. The fourth-order valence-corrected chi connectivity index (χ4v) is 2.12. The molecule has 6 heteroatoms. The van der Waals surface area contributed by atoms with E-state index in [1.165, 1.54) is 0 Å². The highest BCUT2D eigenvalue weighted by Gasteiger charge is 2.23. The van der Waals surface area contributed by atoms with Gasteiger partial charge in [0.2, 0.25) is 12.7 Å². The summed E-state index contributed by atoms with van der Waals surface area (Å²) in [5, 5.41) is 3.20. The molecule has 0 saturated heterocycles. The van der Waals surface area contributed by atoms with Gasteiger partial charge in [0, 0.05) is 18.7 Å². The van der Waals surface area contributed by atoms with E-state index in [-0.39, 0.29) is 24.5 Å². The Bertz CT molecular complexity index is 491. The highest BCUT2D eigenvalue weighted by molar-refractivity contribution is 6.34. The maximum absolute atomic E-state index is 12.1. The number of hydrogen-bond acceptors (Lipinski definition) is 4. The highest BCUT2D eigenvalue weighted by atomic mass is 35.5. The molecule has 3 N–H and O–H groups in total. The molecule has 19 heavy (non-hydrogen) atoms. The number of rotatable bonds is 4. The first-order chi connectivity index (χ1) is 9.02. The molecule has 1 heterocycles. The lowest BCUT2D eigenvalue weighted by atomic mass is 9.95. The van der Waals surface area contributed by atoms with E-state index in [4.69, 9.17) is 26.8 Å². The zero-order valence-electron chi connectivity index (χ0n) is 10.9. The molecule has 0 aliphatic carbocycles. The van der Waals surface area contributed by atoms with Crippen molar-refractivity contribution >= 4 is 23.2 Å². The van der Waals surface area contributed by atoms with Gasteiger partial charge in [-0.05, 0) is 5.92 Å². The van der Waals surface area contributed by atoms with Crippen molar-refractivity contribution in [1.82, 2.24) is 0 Å².